The molecule has 2 bridgehead atoms. The van der Waals surface area contributed by atoms with E-state index in [4.69, 9.17) is 4.98 Å². The number of aliphatic carboxylic acids is 1. The largest absolute Gasteiger partial charge is 0.481 e. The van der Waals surface area contributed by atoms with E-state index in [9.17, 15) is 19.6 Å². The van der Waals surface area contributed by atoms with Gasteiger partial charge < -0.3 is 15.4 Å². The Labute approximate surface area is 191 Å². The minimum absolute atomic E-state index is 0.155. The molecular weight excluding hydrogens is 443 g/mol. The van der Waals surface area contributed by atoms with Crippen molar-refractivity contribution in [2.45, 2.75) is 31.7 Å². The number of anilines is 1. The van der Waals surface area contributed by atoms with Crippen molar-refractivity contribution < 1.29 is 14.3 Å². The van der Waals surface area contributed by atoms with Gasteiger partial charge in [0.25, 0.3) is 0 Å². The highest BCUT2D eigenvalue weighted by Crippen LogP contribution is 2.47. The van der Waals surface area contributed by atoms with Gasteiger partial charge in [-0.25, -0.2) is 19.3 Å². The van der Waals surface area contributed by atoms with Gasteiger partial charge in [0.15, 0.2) is 5.82 Å². The zero-order valence-corrected chi connectivity index (χ0v) is 18.2. The molecule has 0 aliphatic heterocycles. The number of hydrogen-bond donors (Lipinski definition) is 3. The SMILES string of the molecule is N#Cc1csc2c(N[C@H]3C4CCC(CC4)[C@@H]3C(=O)O)nc(-c3c[nH]c4ncc(F)cc34)nc12. The Kier molecular flexibility index (Phi) is 4.55. The van der Waals surface area contributed by atoms with Gasteiger partial charge in [0.05, 0.1) is 22.4 Å². The van der Waals surface area contributed by atoms with Crippen molar-refractivity contribution >= 4 is 44.4 Å². The van der Waals surface area contributed by atoms with E-state index in [-0.39, 0.29) is 17.9 Å². The lowest BCUT2D eigenvalue weighted by atomic mass is 9.61. The van der Waals surface area contributed by atoms with Crippen LogP contribution in [0.3, 0.4) is 0 Å². The molecule has 3 saturated carbocycles. The van der Waals surface area contributed by atoms with E-state index in [1.807, 2.05) is 0 Å². The Morgan fingerprint density at radius 1 is 1.27 bits per heavy atom. The lowest BCUT2D eigenvalue weighted by Crippen LogP contribution is -2.51. The number of nitrogens with zero attached hydrogens (tertiary/aromatic N) is 4. The molecule has 3 fully saturated rings. The first-order valence-corrected chi connectivity index (χ1v) is 11.7. The van der Waals surface area contributed by atoms with Crippen LogP contribution in [-0.4, -0.2) is 37.1 Å². The second-order valence-electron chi connectivity index (χ2n) is 8.80. The molecular formula is C23H19FN6O2S. The van der Waals surface area contributed by atoms with Crippen LogP contribution in [0.2, 0.25) is 0 Å². The minimum Gasteiger partial charge on any atom is -0.481 e. The van der Waals surface area contributed by atoms with E-state index < -0.39 is 17.7 Å². The summed E-state index contributed by atoms with van der Waals surface area (Å²) in [7, 11) is 0. The zero-order valence-electron chi connectivity index (χ0n) is 17.4. The Balaban J connectivity index is 1.50. The van der Waals surface area contributed by atoms with Crippen molar-refractivity contribution in [3.05, 3.63) is 35.2 Å². The van der Waals surface area contributed by atoms with E-state index in [0.717, 1.165) is 31.9 Å². The van der Waals surface area contributed by atoms with Gasteiger partial charge in [-0.1, -0.05) is 0 Å². The Morgan fingerprint density at radius 3 is 2.82 bits per heavy atom. The third-order valence-electron chi connectivity index (χ3n) is 7.08. The number of carbonyl (C=O) groups is 1. The normalized spacial score (nSPS) is 24.2. The molecule has 4 aromatic heterocycles. The summed E-state index contributed by atoms with van der Waals surface area (Å²) in [6, 6.07) is 3.30. The number of aromatic amines is 1. The molecule has 0 spiro atoms. The molecule has 0 radical (unpaired) electrons. The topological polar surface area (TPSA) is 128 Å². The number of nitriles is 1. The minimum atomic E-state index is -0.783. The van der Waals surface area contributed by atoms with Crippen LogP contribution in [-0.2, 0) is 4.79 Å². The second kappa shape index (κ2) is 7.49. The third kappa shape index (κ3) is 3.15. The Bertz CT molecular complexity index is 1450. The molecule has 0 unspecified atom stereocenters. The highest BCUT2D eigenvalue weighted by molar-refractivity contribution is 7.18. The van der Waals surface area contributed by atoms with Gasteiger partial charge in [-0.05, 0) is 43.6 Å². The predicted molar refractivity (Wildman–Crippen MR) is 121 cm³/mol. The van der Waals surface area contributed by atoms with Gasteiger partial charge in [-0.3, -0.25) is 4.79 Å². The summed E-state index contributed by atoms with van der Waals surface area (Å²) in [5.41, 5.74) is 2.00. The molecule has 7 rings (SSSR count). The number of aromatic nitrogens is 4. The molecule has 3 N–H and O–H groups in total. The van der Waals surface area contributed by atoms with Crippen molar-refractivity contribution in [1.29, 1.82) is 5.26 Å². The molecule has 8 nitrogen and oxygen atoms in total. The van der Waals surface area contributed by atoms with Gasteiger partial charge in [-0.15, -0.1) is 11.3 Å². The van der Waals surface area contributed by atoms with Crippen LogP contribution in [0.25, 0.3) is 32.6 Å². The van der Waals surface area contributed by atoms with Crippen LogP contribution in [0, 0.1) is 34.9 Å². The van der Waals surface area contributed by atoms with Gasteiger partial charge in [0.1, 0.15) is 28.9 Å². The highest BCUT2D eigenvalue weighted by Gasteiger charge is 2.47. The second-order valence-corrected chi connectivity index (χ2v) is 9.68. The molecule has 4 aromatic rings. The van der Waals surface area contributed by atoms with Gasteiger partial charge >= 0.3 is 5.97 Å². The number of H-pyrrole nitrogens is 1. The maximum absolute atomic E-state index is 13.9. The van der Waals surface area contributed by atoms with Crippen molar-refractivity contribution in [1.82, 2.24) is 19.9 Å². The molecule has 3 aliphatic carbocycles. The van der Waals surface area contributed by atoms with Crippen LogP contribution in [0.5, 0.6) is 0 Å². The number of halogens is 1. The number of fused-ring (bicyclic) bond motifs is 5. The van der Waals surface area contributed by atoms with E-state index in [2.05, 4.69) is 26.3 Å². The molecule has 2 atom stereocenters. The van der Waals surface area contributed by atoms with Crippen molar-refractivity contribution in [2.75, 3.05) is 5.32 Å². The van der Waals surface area contributed by atoms with E-state index in [1.165, 1.54) is 17.4 Å². The smallest absolute Gasteiger partial charge is 0.308 e. The predicted octanol–water partition coefficient (Wildman–Crippen LogP) is 4.55. The fraction of sp³-hybridized carbons (Fsp3) is 0.348. The molecule has 166 valence electrons. The number of nitrogens with one attached hydrogen (secondary N) is 2. The quantitative estimate of drug-likeness (QED) is 0.406. The molecule has 10 heteroatoms. The number of pyridine rings is 1. The summed E-state index contributed by atoms with van der Waals surface area (Å²) < 4.78 is 14.6. The van der Waals surface area contributed by atoms with Crippen LogP contribution in [0.4, 0.5) is 10.2 Å². The van der Waals surface area contributed by atoms with Gasteiger partial charge in [-0.2, -0.15) is 5.26 Å². The van der Waals surface area contributed by atoms with Crippen molar-refractivity contribution in [2.24, 2.45) is 17.8 Å². The molecule has 33 heavy (non-hydrogen) atoms. The number of hydrogen-bond acceptors (Lipinski definition) is 7. The summed E-state index contributed by atoms with van der Waals surface area (Å²) in [6.45, 7) is 0. The van der Waals surface area contributed by atoms with E-state index in [0.29, 0.717) is 44.0 Å². The van der Waals surface area contributed by atoms with Crippen LogP contribution in [0.1, 0.15) is 31.2 Å². The van der Waals surface area contributed by atoms with Crippen molar-refractivity contribution in [3.8, 4) is 17.5 Å². The first-order valence-electron chi connectivity index (χ1n) is 10.8. The van der Waals surface area contributed by atoms with Crippen molar-refractivity contribution in [3.63, 3.8) is 0 Å². The average Bonchev–Trinajstić information content (AvgIpc) is 3.43. The fourth-order valence-corrected chi connectivity index (χ4v) is 6.43. The standard InChI is InChI=1S/C23H19FN6O2S/c24-13-5-14-15(8-27-20(14)26-7-13)21-29-18-12(6-25)9-33-19(18)22(30-21)28-17-11-3-1-10(2-4-11)16(17)23(31)32/h5,7-11,16-17H,1-4H2,(H,26,27)(H,31,32)(H,28,29,30)/t10?,11?,16-,17-/m0/s1. The lowest BCUT2D eigenvalue weighted by Gasteiger charge is -2.47. The summed E-state index contributed by atoms with van der Waals surface area (Å²) in [4.78, 5) is 28.6. The first-order chi connectivity index (χ1) is 16.0. The van der Waals surface area contributed by atoms with E-state index in [1.54, 1.807) is 11.6 Å². The Morgan fingerprint density at radius 2 is 2.06 bits per heavy atom. The van der Waals surface area contributed by atoms with Gasteiger partial charge in [0.2, 0.25) is 0 Å². The zero-order chi connectivity index (χ0) is 22.7. The molecule has 0 aromatic carbocycles. The Hall–Kier alpha value is -3.58. The lowest BCUT2D eigenvalue weighted by molar-refractivity contribution is -0.148. The summed E-state index contributed by atoms with van der Waals surface area (Å²) in [5, 5.41) is 25.3. The number of carboxylic acids is 1. The average molecular weight is 463 g/mol. The number of rotatable bonds is 4. The monoisotopic (exact) mass is 462 g/mol. The van der Waals surface area contributed by atoms with Crippen LogP contribution in [0.15, 0.2) is 23.8 Å². The summed E-state index contributed by atoms with van der Waals surface area (Å²) >= 11 is 1.36. The first kappa shape index (κ1) is 20.1. The van der Waals surface area contributed by atoms with E-state index >= 15 is 0 Å². The number of thiophene rings is 1. The molecule has 3 aliphatic rings. The van der Waals surface area contributed by atoms with Crippen LogP contribution < -0.4 is 5.32 Å². The summed E-state index contributed by atoms with van der Waals surface area (Å²) in [6.07, 6.45) is 6.67. The highest BCUT2D eigenvalue weighted by atomic mass is 32.1. The molecule has 0 saturated heterocycles. The van der Waals surface area contributed by atoms with Gasteiger partial charge in [0, 0.05) is 28.6 Å². The van der Waals surface area contributed by atoms with Crippen LogP contribution >= 0.6 is 11.3 Å². The maximum Gasteiger partial charge on any atom is 0.308 e. The number of carboxylic acid groups (broad SMARTS) is 1. The molecule has 4 heterocycles. The third-order valence-corrected chi connectivity index (χ3v) is 8.06. The maximum atomic E-state index is 13.9. The summed E-state index contributed by atoms with van der Waals surface area (Å²) in [5.74, 6) is -0.481. The molecule has 0 amide bonds. The fourth-order valence-electron chi connectivity index (χ4n) is 5.55.